The summed E-state index contributed by atoms with van der Waals surface area (Å²) in [5, 5.41) is 11.6. The summed E-state index contributed by atoms with van der Waals surface area (Å²) in [6.45, 7) is 8.81. The van der Waals surface area contributed by atoms with Gasteiger partial charge in [0, 0.05) is 5.56 Å². The van der Waals surface area contributed by atoms with Gasteiger partial charge in [0.15, 0.2) is 16.6 Å². The lowest BCUT2D eigenvalue weighted by molar-refractivity contribution is -0.132. The summed E-state index contributed by atoms with van der Waals surface area (Å²) >= 11 is 0.932. The molecule has 1 N–H and O–H groups in total. The van der Waals surface area contributed by atoms with E-state index in [0.717, 1.165) is 24.2 Å². The number of hydrogen-bond donors (Lipinski definition) is 1. The van der Waals surface area contributed by atoms with E-state index in [1.807, 2.05) is 20.8 Å². The van der Waals surface area contributed by atoms with E-state index < -0.39 is 23.7 Å². The number of hydrogen-bond acceptors (Lipinski definition) is 10. The molecule has 2 heterocycles. The molecule has 1 aromatic heterocycles. The van der Waals surface area contributed by atoms with Gasteiger partial charge in [-0.3, -0.25) is 14.5 Å². The normalized spacial score (nSPS) is 16.0. The van der Waals surface area contributed by atoms with Crippen molar-refractivity contribution in [1.82, 2.24) is 4.98 Å². The van der Waals surface area contributed by atoms with Crippen LogP contribution < -0.4 is 19.1 Å². The predicted octanol–water partition coefficient (Wildman–Crippen LogP) is 5.84. The molecular formula is C31H34N2O8S. The summed E-state index contributed by atoms with van der Waals surface area (Å²) in [5.74, 6) is -1.18. The molecule has 4 rings (SSSR count). The second kappa shape index (κ2) is 13.5. The zero-order valence-corrected chi connectivity index (χ0v) is 25.1. The maximum absolute atomic E-state index is 13.6. The molecule has 10 nitrogen and oxygen atoms in total. The molecule has 1 unspecified atom stereocenters. The number of nitrogens with zero attached hydrogens (tertiary/aromatic N) is 2. The number of aliphatic hydroxyl groups excluding tert-OH is 1. The van der Waals surface area contributed by atoms with Crippen LogP contribution in [0.25, 0.3) is 5.76 Å². The standard InChI is InChI=1S/C31H34N2O8S/c1-6-15-40-21-12-9-19(10-13-21)26(34)24-25(20-11-14-22(41-16-7-2)23(17-20)39-8-3)33(29(36)27(24)35)31-32-18(4)28(42-31)30(37)38-5/h9-14,17,25,34H,6-8,15-16H2,1-5H3/b26-24+. The van der Waals surface area contributed by atoms with Gasteiger partial charge in [0.25, 0.3) is 5.78 Å². The lowest BCUT2D eigenvalue weighted by Crippen LogP contribution is -2.29. The fourth-order valence-electron chi connectivity index (χ4n) is 4.49. The van der Waals surface area contributed by atoms with Crippen molar-refractivity contribution in [2.24, 2.45) is 0 Å². The molecule has 42 heavy (non-hydrogen) atoms. The van der Waals surface area contributed by atoms with Gasteiger partial charge < -0.3 is 24.1 Å². The zero-order chi connectivity index (χ0) is 30.4. The van der Waals surface area contributed by atoms with Crippen LogP contribution in [0.3, 0.4) is 0 Å². The van der Waals surface area contributed by atoms with Crippen LogP contribution in [0.4, 0.5) is 5.13 Å². The van der Waals surface area contributed by atoms with Crippen LogP contribution in [0.2, 0.25) is 0 Å². The maximum atomic E-state index is 13.6. The van der Waals surface area contributed by atoms with Crippen molar-refractivity contribution in [3.05, 3.63) is 69.7 Å². The number of benzene rings is 2. The molecule has 3 aromatic rings. The Morgan fingerprint density at radius 3 is 2.31 bits per heavy atom. The first kappa shape index (κ1) is 30.6. The minimum Gasteiger partial charge on any atom is -0.507 e. The third kappa shape index (κ3) is 6.11. The van der Waals surface area contributed by atoms with Crippen molar-refractivity contribution in [3.8, 4) is 17.2 Å². The van der Waals surface area contributed by atoms with E-state index in [1.165, 1.54) is 12.0 Å². The van der Waals surface area contributed by atoms with Gasteiger partial charge in [-0.25, -0.2) is 9.78 Å². The minimum atomic E-state index is -1.07. The van der Waals surface area contributed by atoms with Crippen molar-refractivity contribution in [2.75, 3.05) is 31.8 Å². The van der Waals surface area contributed by atoms with Gasteiger partial charge in [-0.2, -0.15) is 0 Å². The number of methoxy groups -OCH3 is 1. The molecule has 1 amide bonds. The Hall–Kier alpha value is -4.38. The van der Waals surface area contributed by atoms with Gasteiger partial charge in [-0.15, -0.1) is 0 Å². The van der Waals surface area contributed by atoms with Crippen LogP contribution in [-0.4, -0.2) is 54.7 Å². The first-order chi connectivity index (χ1) is 20.2. The van der Waals surface area contributed by atoms with E-state index >= 15 is 0 Å². The molecule has 0 spiro atoms. The molecule has 0 radical (unpaired) electrons. The number of aromatic nitrogens is 1. The number of rotatable bonds is 12. The number of thiazole rings is 1. The molecule has 1 atom stereocenters. The number of ketones is 1. The van der Waals surface area contributed by atoms with Crippen LogP contribution in [0.15, 0.2) is 48.0 Å². The molecule has 0 saturated carbocycles. The summed E-state index contributed by atoms with van der Waals surface area (Å²) in [6.07, 6.45) is 1.63. The van der Waals surface area contributed by atoms with Gasteiger partial charge in [-0.1, -0.05) is 31.3 Å². The molecular weight excluding hydrogens is 560 g/mol. The average Bonchev–Trinajstić information content (AvgIpc) is 3.51. The van der Waals surface area contributed by atoms with Crippen molar-refractivity contribution in [2.45, 2.75) is 46.6 Å². The second-order valence-corrected chi connectivity index (χ2v) is 10.4. The van der Waals surface area contributed by atoms with Gasteiger partial charge in [0.2, 0.25) is 0 Å². The van der Waals surface area contributed by atoms with E-state index in [1.54, 1.807) is 49.4 Å². The molecule has 2 aromatic carbocycles. The second-order valence-electron chi connectivity index (χ2n) is 9.43. The first-order valence-corrected chi connectivity index (χ1v) is 14.6. The number of amides is 1. The number of Topliss-reactive ketones (excluding diaryl/α,β-unsaturated/α-hetero) is 1. The van der Waals surface area contributed by atoms with Gasteiger partial charge in [0.05, 0.1) is 44.2 Å². The predicted molar refractivity (Wildman–Crippen MR) is 159 cm³/mol. The van der Waals surface area contributed by atoms with Gasteiger partial charge in [0.1, 0.15) is 16.4 Å². The number of esters is 1. The van der Waals surface area contributed by atoms with E-state index in [9.17, 15) is 19.5 Å². The molecule has 1 fully saturated rings. The van der Waals surface area contributed by atoms with Crippen LogP contribution in [0, 0.1) is 6.92 Å². The Labute approximate surface area is 248 Å². The van der Waals surface area contributed by atoms with Crippen LogP contribution in [0.1, 0.15) is 66.1 Å². The van der Waals surface area contributed by atoms with E-state index in [0.29, 0.717) is 53.9 Å². The lowest BCUT2D eigenvalue weighted by Gasteiger charge is -2.24. The number of anilines is 1. The topological polar surface area (TPSA) is 124 Å². The highest BCUT2D eigenvalue weighted by atomic mass is 32.1. The SMILES string of the molecule is CCCOc1ccc(/C(O)=C2\C(=O)C(=O)N(c3nc(C)c(C(=O)OC)s3)C2c2ccc(OCCC)c(OCC)c2)cc1. The summed E-state index contributed by atoms with van der Waals surface area (Å²) < 4.78 is 22.2. The van der Waals surface area contributed by atoms with Crippen LogP contribution in [0.5, 0.6) is 17.2 Å². The highest BCUT2D eigenvalue weighted by Gasteiger charge is 2.48. The number of ether oxygens (including phenoxy) is 4. The third-order valence-electron chi connectivity index (χ3n) is 6.45. The fourth-order valence-corrected chi connectivity index (χ4v) is 5.50. The molecule has 222 valence electrons. The average molecular weight is 595 g/mol. The van der Waals surface area contributed by atoms with Crippen LogP contribution >= 0.6 is 11.3 Å². The van der Waals surface area contributed by atoms with E-state index in [4.69, 9.17) is 18.9 Å². The maximum Gasteiger partial charge on any atom is 0.350 e. The largest absolute Gasteiger partial charge is 0.507 e. The quantitative estimate of drug-likeness (QED) is 0.119. The van der Waals surface area contributed by atoms with Crippen molar-refractivity contribution in [1.29, 1.82) is 0 Å². The summed E-state index contributed by atoms with van der Waals surface area (Å²) in [6, 6.07) is 10.7. The van der Waals surface area contributed by atoms with Crippen molar-refractivity contribution in [3.63, 3.8) is 0 Å². The summed E-state index contributed by atoms with van der Waals surface area (Å²) in [4.78, 5) is 45.4. The van der Waals surface area contributed by atoms with Gasteiger partial charge in [-0.05, 0) is 68.7 Å². The molecule has 1 aliphatic rings. The third-order valence-corrected chi connectivity index (χ3v) is 7.59. The Kier molecular flexibility index (Phi) is 9.84. The summed E-state index contributed by atoms with van der Waals surface area (Å²) in [5.41, 5.74) is 1.04. The number of aliphatic hydroxyl groups is 1. The molecule has 1 aliphatic heterocycles. The highest BCUT2D eigenvalue weighted by molar-refractivity contribution is 7.17. The van der Waals surface area contributed by atoms with E-state index in [2.05, 4.69) is 4.98 Å². The molecule has 0 bridgehead atoms. The molecule has 1 saturated heterocycles. The number of aryl methyl sites for hydroxylation is 1. The Morgan fingerprint density at radius 2 is 1.67 bits per heavy atom. The first-order valence-electron chi connectivity index (χ1n) is 13.7. The number of carbonyl (C=O) groups is 3. The lowest BCUT2D eigenvalue weighted by atomic mass is 9.95. The zero-order valence-electron chi connectivity index (χ0n) is 24.3. The molecule has 0 aliphatic carbocycles. The van der Waals surface area contributed by atoms with Crippen molar-refractivity contribution < 1.29 is 38.4 Å². The monoisotopic (exact) mass is 594 g/mol. The van der Waals surface area contributed by atoms with E-state index in [-0.39, 0.29) is 21.3 Å². The van der Waals surface area contributed by atoms with Crippen molar-refractivity contribution >= 4 is 39.9 Å². The number of carbonyl (C=O) groups excluding carboxylic acids is 3. The van der Waals surface area contributed by atoms with Crippen LogP contribution in [-0.2, 0) is 14.3 Å². The Balaban J connectivity index is 1.89. The molecule has 11 heteroatoms. The highest BCUT2D eigenvalue weighted by Crippen LogP contribution is 2.45. The Morgan fingerprint density at radius 1 is 0.976 bits per heavy atom. The summed E-state index contributed by atoms with van der Waals surface area (Å²) in [7, 11) is 1.25. The smallest absolute Gasteiger partial charge is 0.350 e. The minimum absolute atomic E-state index is 0.117. The van der Waals surface area contributed by atoms with Gasteiger partial charge >= 0.3 is 11.9 Å². The Bertz CT molecular complexity index is 1500. The fraction of sp³-hybridized carbons (Fsp3) is 0.355.